The number of rotatable bonds is 5. The Bertz CT molecular complexity index is 932. The van der Waals surface area contributed by atoms with Crippen molar-refractivity contribution in [1.29, 1.82) is 0 Å². The SMILES string of the molecule is COC(=O)c1ccccc1NC(=O)Cc1nc(-c2ccccc2)oc1C. The fourth-order valence-corrected chi connectivity index (χ4v) is 2.52. The summed E-state index contributed by atoms with van der Waals surface area (Å²) in [6.07, 6.45) is 0.0394. The molecule has 0 saturated carbocycles. The van der Waals surface area contributed by atoms with Gasteiger partial charge in [-0.1, -0.05) is 30.3 Å². The maximum atomic E-state index is 12.4. The largest absolute Gasteiger partial charge is 0.465 e. The van der Waals surface area contributed by atoms with Gasteiger partial charge in [0.05, 0.1) is 30.5 Å². The van der Waals surface area contributed by atoms with Crippen LogP contribution in [0.3, 0.4) is 0 Å². The van der Waals surface area contributed by atoms with Gasteiger partial charge in [0.2, 0.25) is 11.8 Å². The first-order valence-electron chi connectivity index (χ1n) is 8.07. The summed E-state index contributed by atoms with van der Waals surface area (Å²) in [7, 11) is 1.30. The molecule has 3 rings (SSSR count). The molecule has 26 heavy (non-hydrogen) atoms. The molecule has 1 heterocycles. The van der Waals surface area contributed by atoms with E-state index in [2.05, 4.69) is 10.3 Å². The first kappa shape index (κ1) is 17.4. The molecule has 0 bridgehead atoms. The van der Waals surface area contributed by atoms with E-state index in [4.69, 9.17) is 9.15 Å². The molecule has 0 aliphatic carbocycles. The van der Waals surface area contributed by atoms with Crippen LogP contribution in [-0.4, -0.2) is 24.0 Å². The van der Waals surface area contributed by atoms with E-state index in [-0.39, 0.29) is 12.3 Å². The molecular weight excluding hydrogens is 332 g/mol. The van der Waals surface area contributed by atoms with Crippen LogP contribution in [0.2, 0.25) is 0 Å². The molecule has 132 valence electrons. The van der Waals surface area contributed by atoms with Crippen LogP contribution >= 0.6 is 0 Å². The van der Waals surface area contributed by atoms with E-state index < -0.39 is 5.97 Å². The minimum absolute atomic E-state index is 0.0394. The molecule has 0 unspecified atom stereocenters. The normalized spacial score (nSPS) is 10.4. The predicted octanol–water partition coefficient (Wildman–Crippen LogP) is 3.62. The molecule has 2 aromatic carbocycles. The highest BCUT2D eigenvalue weighted by molar-refractivity contribution is 6.01. The molecule has 0 aliphatic heterocycles. The van der Waals surface area contributed by atoms with Crippen molar-refractivity contribution < 1.29 is 18.7 Å². The molecule has 0 spiro atoms. The van der Waals surface area contributed by atoms with Gasteiger partial charge in [0, 0.05) is 5.56 Å². The number of hydrogen-bond acceptors (Lipinski definition) is 5. The van der Waals surface area contributed by atoms with E-state index in [9.17, 15) is 9.59 Å². The number of nitrogens with one attached hydrogen (secondary N) is 1. The fraction of sp³-hybridized carbons (Fsp3) is 0.150. The number of para-hydroxylation sites is 1. The van der Waals surface area contributed by atoms with E-state index in [0.717, 1.165) is 5.56 Å². The van der Waals surface area contributed by atoms with E-state index in [0.29, 0.717) is 28.6 Å². The second-order valence-electron chi connectivity index (χ2n) is 5.65. The summed E-state index contributed by atoms with van der Waals surface area (Å²) >= 11 is 0. The average Bonchev–Trinajstić information content (AvgIpc) is 3.02. The number of benzene rings is 2. The Morgan fingerprint density at radius 2 is 1.77 bits per heavy atom. The summed E-state index contributed by atoms with van der Waals surface area (Å²) in [6, 6.07) is 16.2. The van der Waals surface area contributed by atoms with Crippen LogP contribution in [0.1, 0.15) is 21.8 Å². The van der Waals surface area contributed by atoms with Crippen LogP contribution in [0.15, 0.2) is 59.0 Å². The lowest BCUT2D eigenvalue weighted by molar-refractivity contribution is -0.115. The summed E-state index contributed by atoms with van der Waals surface area (Å²) in [5.41, 5.74) is 2.09. The van der Waals surface area contributed by atoms with E-state index in [1.54, 1.807) is 31.2 Å². The summed E-state index contributed by atoms with van der Waals surface area (Å²) in [6.45, 7) is 1.77. The van der Waals surface area contributed by atoms with Gasteiger partial charge in [-0.15, -0.1) is 0 Å². The van der Waals surface area contributed by atoms with Crippen molar-refractivity contribution in [3.05, 3.63) is 71.6 Å². The molecule has 6 heteroatoms. The number of aromatic nitrogens is 1. The molecule has 0 saturated heterocycles. The lowest BCUT2D eigenvalue weighted by Gasteiger charge is -2.09. The Kier molecular flexibility index (Phi) is 5.12. The molecule has 0 fully saturated rings. The number of esters is 1. The van der Waals surface area contributed by atoms with Gasteiger partial charge in [0.15, 0.2) is 0 Å². The molecule has 1 aromatic heterocycles. The second kappa shape index (κ2) is 7.65. The highest BCUT2D eigenvalue weighted by atomic mass is 16.5. The van der Waals surface area contributed by atoms with Crippen LogP contribution in [0.25, 0.3) is 11.5 Å². The third-order valence-corrected chi connectivity index (χ3v) is 3.85. The van der Waals surface area contributed by atoms with Gasteiger partial charge < -0.3 is 14.5 Å². The highest BCUT2D eigenvalue weighted by Gasteiger charge is 2.17. The minimum Gasteiger partial charge on any atom is -0.465 e. The first-order valence-corrected chi connectivity index (χ1v) is 8.07. The topological polar surface area (TPSA) is 81.4 Å². The number of carbonyl (C=O) groups is 2. The van der Waals surface area contributed by atoms with E-state index in [1.165, 1.54) is 7.11 Å². The third kappa shape index (κ3) is 3.80. The lowest BCUT2D eigenvalue weighted by Crippen LogP contribution is -2.17. The number of methoxy groups -OCH3 is 1. The standard InChI is InChI=1S/C20H18N2O4/c1-13-17(22-19(26-13)14-8-4-3-5-9-14)12-18(23)21-16-11-7-6-10-15(16)20(24)25-2/h3-11H,12H2,1-2H3,(H,21,23). The summed E-state index contributed by atoms with van der Waals surface area (Å²) in [5, 5.41) is 2.73. The monoisotopic (exact) mass is 350 g/mol. The Labute approximate surface area is 150 Å². The molecule has 3 aromatic rings. The Morgan fingerprint density at radius 1 is 1.08 bits per heavy atom. The van der Waals surface area contributed by atoms with Crippen molar-refractivity contribution in [3.8, 4) is 11.5 Å². The number of aryl methyl sites for hydroxylation is 1. The summed E-state index contributed by atoms with van der Waals surface area (Å²) < 4.78 is 10.4. The average molecular weight is 350 g/mol. The number of anilines is 1. The number of ether oxygens (including phenoxy) is 1. The Hall–Kier alpha value is -3.41. The lowest BCUT2D eigenvalue weighted by atomic mass is 10.1. The van der Waals surface area contributed by atoms with Gasteiger partial charge in [-0.05, 0) is 31.2 Å². The van der Waals surface area contributed by atoms with Crippen LogP contribution < -0.4 is 5.32 Å². The number of oxazole rings is 1. The molecule has 1 N–H and O–H groups in total. The van der Waals surface area contributed by atoms with Gasteiger partial charge in [-0.3, -0.25) is 4.79 Å². The van der Waals surface area contributed by atoms with Gasteiger partial charge in [0.25, 0.3) is 0 Å². The first-order chi connectivity index (χ1) is 12.6. The van der Waals surface area contributed by atoms with Crippen LogP contribution in [0, 0.1) is 6.92 Å². The third-order valence-electron chi connectivity index (χ3n) is 3.85. The van der Waals surface area contributed by atoms with E-state index in [1.807, 2.05) is 30.3 Å². The van der Waals surface area contributed by atoms with Gasteiger partial charge in [-0.25, -0.2) is 9.78 Å². The maximum absolute atomic E-state index is 12.4. The molecular formula is C20H18N2O4. The van der Waals surface area contributed by atoms with Crippen molar-refractivity contribution in [1.82, 2.24) is 4.98 Å². The van der Waals surface area contributed by atoms with Crippen LogP contribution in [-0.2, 0) is 16.0 Å². The van der Waals surface area contributed by atoms with Gasteiger partial charge >= 0.3 is 5.97 Å². The zero-order valence-corrected chi connectivity index (χ0v) is 14.5. The zero-order chi connectivity index (χ0) is 18.5. The summed E-state index contributed by atoms with van der Waals surface area (Å²) in [5.74, 6) is 0.253. The van der Waals surface area contributed by atoms with Crippen molar-refractivity contribution in [2.45, 2.75) is 13.3 Å². The van der Waals surface area contributed by atoms with Crippen molar-refractivity contribution in [2.24, 2.45) is 0 Å². The van der Waals surface area contributed by atoms with Gasteiger partial charge in [0.1, 0.15) is 5.76 Å². The van der Waals surface area contributed by atoms with Crippen LogP contribution in [0.5, 0.6) is 0 Å². The van der Waals surface area contributed by atoms with Crippen LogP contribution in [0.4, 0.5) is 5.69 Å². The quantitative estimate of drug-likeness (QED) is 0.711. The molecule has 6 nitrogen and oxygen atoms in total. The fourth-order valence-electron chi connectivity index (χ4n) is 2.52. The zero-order valence-electron chi connectivity index (χ0n) is 14.5. The molecule has 1 amide bonds. The van der Waals surface area contributed by atoms with E-state index >= 15 is 0 Å². The number of hydrogen-bond donors (Lipinski definition) is 1. The van der Waals surface area contributed by atoms with Crippen molar-refractivity contribution in [2.75, 3.05) is 12.4 Å². The van der Waals surface area contributed by atoms with Crippen molar-refractivity contribution in [3.63, 3.8) is 0 Å². The predicted molar refractivity (Wildman–Crippen MR) is 96.8 cm³/mol. The maximum Gasteiger partial charge on any atom is 0.339 e. The number of amides is 1. The number of carbonyl (C=O) groups excluding carboxylic acids is 2. The smallest absolute Gasteiger partial charge is 0.339 e. The molecule has 0 aliphatic rings. The molecule has 0 atom stereocenters. The number of nitrogens with zero attached hydrogens (tertiary/aromatic N) is 1. The highest BCUT2D eigenvalue weighted by Crippen LogP contribution is 2.22. The van der Waals surface area contributed by atoms with Crippen molar-refractivity contribution >= 4 is 17.6 Å². The Balaban J connectivity index is 1.76. The Morgan fingerprint density at radius 3 is 2.50 bits per heavy atom. The second-order valence-corrected chi connectivity index (χ2v) is 5.65. The summed E-state index contributed by atoms with van der Waals surface area (Å²) in [4.78, 5) is 28.6. The van der Waals surface area contributed by atoms with Gasteiger partial charge in [-0.2, -0.15) is 0 Å². The minimum atomic E-state index is -0.509. The molecule has 0 radical (unpaired) electrons.